The Labute approximate surface area is 95.3 Å². The molecule has 0 unspecified atom stereocenters. The quantitative estimate of drug-likeness (QED) is 0.858. The number of aromatic nitrogens is 1. The molecule has 1 aromatic heterocycles. The van der Waals surface area contributed by atoms with Crippen molar-refractivity contribution >= 4 is 0 Å². The van der Waals surface area contributed by atoms with Crippen LogP contribution in [0.15, 0.2) is 28.7 Å². The van der Waals surface area contributed by atoms with Gasteiger partial charge in [-0.25, -0.2) is 4.98 Å². The number of nitrogens with two attached hydrogens (primary N) is 1. The predicted molar refractivity (Wildman–Crippen MR) is 63.9 cm³/mol. The van der Waals surface area contributed by atoms with Crippen molar-refractivity contribution in [3.63, 3.8) is 0 Å². The minimum absolute atomic E-state index is 0.419. The van der Waals surface area contributed by atoms with E-state index in [1.807, 2.05) is 19.1 Å². The zero-order valence-electron chi connectivity index (χ0n) is 9.66. The Hall–Kier alpha value is -1.61. The van der Waals surface area contributed by atoms with Gasteiger partial charge >= 0.3 is 0 Å². The van der Waals surface area contributed by atoms with E-state index in [0.717, 1.165) is 23.4 Å². The van der Waals surface area contributed by atoms with Crippen LogP contribution in [0.2, 0.25) is 0 Å². The lowest BCUT2D eigenvalue weighted by Gasteiger charge is -1.97. The minimum Gasteiger partial charge on any atom is -0.441 e. The first kappa shape index (κ1) is 10.9. The summed E-state index contributed by atoms with van der Waals surface area (Å²) in [5, 5.41) is 0. The molecule has 0 aliphatic carbocycles. The second kappa shape index (κ2) is 4.49. The third kappa shape index (κ3) is 1.99. The molecule has 2 rings (SSSR count). The maximum Gasteiger partial charge on any atom is 0.226 e. The molecule has 0 saturated heterocycles. The number of oxazole rings is 1. The first-order chi connectivity index (χ1) is 7.74. The fraction of sp³-hybridized carbons (Fsp3) is 0.308. The van der Waals surface area contributed by atoms with E-state index in [2.05, 4.69) is 24.0 Å². The highest BCUT2D eigenvalue weighted by molar-refractivity contribution is 5.54. The third-order valence-corrected chi connectivity index (χ3v) is 2.70. The summed E-state index contributed by atoms with van der Waals surface area (Å²) in [7, 11) is 0. The number of hydrogen-bond acceptors (Lipinski definition) is 3. The average Bonchev–Trinajstić information content (AvgIpc) is 2.71. The van der Waals surface area contributed by atoms with Crippen LogP contribution in [0, 0.1) is 6.92 Å². The van der Waals surface area contributed by atoms with E-state index in [1.54, 1.807) is 0 Å². The van der Waals surface area contributed by atoms with E-state index in [0.29, 0.717) is 12.4 Å². The standard InChI is InChI=1S/C13H16N2O/c1-3-10-4-6-11(7-5-10)13-15-12(8-14)9(2)16-13/h4-7H,3,8,14H2,1-2H3. The minimum atomic E-state index is 0.419. The summed E-state index contributed by atoms with van der Waals surface area (Å²) in [5.74, 6) is 1.46. The number of rotatable bonds is 3. The molecule has 2 aromatic rings. The zero-order valence-corrected chi connectivity index (χ0v) is 9.66. The molecule has 0 radical (unpaired) electrons. The van der Waals surface area contributed by atoms with E-state index in [1.165, 1.54) is 5.56 Å². The van der Waals surface area contributed by atoms with Gasteiger partial charge < -0.3 is 10.2 Å². The fourth-order valence-corrected chi connectivity index (χ4v) is 1.62. The van der Waals surface area contributed by atoms with E-state index < -0.39 is 0 Å². The third-order valence-electron chi connectivity index (χ3n) is 2.70. The van der Waals surface area contributed by atoms with Crippen molar-refractivity contribution in [1.29, 1.82) is 0 Å². The van der Waals surface area contributed by atoms with Crippen molar-refractivity contribution in [3.05, 3.63) is 41.3 Å². The lowest BCUT2D eigenvalue weighted by molar-refractivity contribution is 0.539. The molecular formula is C13H16N2O. The van der Waals surface area contributed by atoms with Gasteiger partial charge in [-0.15, -0.1) is 0 Å². The maximum absolute atomic E-state index is 5.57. The van der Waals surface area contributed by atoms with Gasteiger partial charge in [-0.3, -0.25) is 0 Å². The molecular weight excluding hydrogens is 200 g/mol. The summed E-state index contributed by atoms with van der Waals surface area (Å²) in [6.07, 6.45) is 1.04. The van der Waals surface area contributed by atoms with Crippen molar-refractivity contribution in [2.75, 3.05) is 0 Å². The molecule has 16 heavy (non-hydrogen) atoms. The Morgan fingerprint density at radius 3 is 2.44 bits per heavy atom. The molecule has 2 N–H and O–H groups in total. The predicted octanol–water partition coefficient (Wildman–Crippen LogP) is 2.67. The second-order valence-electron chi connectivity index (χ2n) is 3.78. The molecule has 0 saturated carbocycles. The topological polar surface area (TPSA) is 52.0 Å². The van der Waals surface area contributed by atoms with Crippen LogP contribution in [-0.2, 0) is 13.0 Å². The zero-order chi connectivity index (χ0) is 11.5. The molecule has 3 heteroatoms. The lowest BCUT2D eigenvalue weighted by Crippen LogP contribution is -1.97. The largest absolute Gasteiger partial charge is 0.441 e. The molecule has 0 aliphatic rings. The summed E-state index contributed by atoms with van der Waals surface area (Å²) in [6.45, 7) is 4.44. The van der Waals surface area contributed by atoms with Gasteiger partial charge in [0.15, 0.2) is 0 Å². The maximum atomic E-state index is 5.57. The first-order valence-corrected chi connectivity index (χ1v) is 5.50. The van der Waals surface area contributed by atoms with Crippen molar-refractivity contribution in [2.24, 2.45) is 5.73 Å². The van der Waals surface area contributed by atoms with Gasteiger partial charge in [0.1, 0.15) is 5.76 Å². The number of nitrogens with zero attached hydrogens (tertiary/aromatic N) is 1. The van der Waals surface area contributed by atoms with Gasteiger partial charge in [0.05, 0.1) is 5.69 Å². The highest BCUT2D eigenvalue weighted by Crippen LogP contribution is 2.21. The highest BCUT2D eigenvalue weighted by Gasteiger charge is 2.09. The second-order valence-corrected chi connectivity index (χ2v) is 3.78. The van der Waals surface area contributed by atoms with Crippen molar-refractivity contribution in [2.45, 2.75) is 26.8 Å². The van der Waals surface area contributed by atoms with Gasteiger partial charge in [0, 0.05) is 12.1 Å². The molecule has 84 valence electrons. The van der Waals surface area contributed by atoms with Crippen LogP contribution in [0.4, 0.5) is 0 Å². The smallest absolute Gasteiger partial charge is 0.226 e. The monoisotopic (exact) mass is 216 g/mol. The molecule has 3 nitrogen and oxygen atoms in total. The number of benzene rings is 1. The Morgan fingerprint density at radius 2 is 1.94 bits per heavy atom. The fourth-order valence-electron chi connectivity index (χ4n) is 1.62. The van der Waals surface area contributed by atoms with Gasteiger partial charge in [-0.1, -0.05) is 19.1 Å². The molecule has 0 fully saturated rings. The van der Waals surface area contributed by atoms with E-state index >= 15 is 0 Å². The lowest BCUT2D eigenvalue weighted by atomic mass is 10.1. The molecule has 0 spiro atoms. The summed E-state index contributed by atoms with van der Waals surface area (Å²) < 4.78 is 5.57. The Bertz CT molecular complexity index is 471. The molecule has 0 amide bonds. The molecule has 1 aromatic carbocycles. The molecule has 0 bridgehead atoms. The van der Waals surface area contributed by atoms with Crippen LogP contribution >= 0.6 is 0 Å². The summed E-state index contributed by atoms with van der Waals surface area (Å²) in [5.41, 5.74) is 8.70. The van der Waals surface area contributed by atoms with Crippen molar-refractivity contribution in [1.82, 2.24) is 4.98 Å². The van der Waals surface area contributed by atoms with Gasteiger partial charge in [-0.2, -0.15) is 0 Å². The molecule has 0 atom stereocenters. The number of hydrogen-bond donors (Lipinski definition) is 1. The Balaban J connectivity index is 2.34. The van der Waals surface area contributed by atoms with Gasteiger partial charge in [-0.05, 0) is 31.0 Å². The van der Waals surface area contributed by atoms with Crippen LogP contribution < -0.4 is 5.73 Å². The summed E-state index contributed by atoms with van der Waals surface area (Å²) >= 11 is 0. The summed E-state index contributed by atoms with van der Waals surface area (Å²) in [6, 6.07) is 8.25. The molecule has 1 heterocycles. The van der Waals surface area contributed by atoms with E-state index in [9.17, 15) is 0 Å². The van der Waals surface area contributed by atoms with Crippen LogP contribution in [-0.4, -0.2) is 4.98 Å². The van der Waals surface area contributed by atoms with Crippen LogP contribution in [0.3, 0.4) is 0 Å². The van der Waals surface area contributed by atoms with Crippen LogP contribution in [0.5, 0.6) is 0 Å². The van der Waals surface area contributed by atoms with E-state index in [-0.39, 0.29) is 0 Å². The molecule has 0 aliphatic heterocycles. The normalized spacial score (nSPS) is 10.7. The van der Waals surface area contributed by atoms with Crippen LogP contribution in [0.25, 0.3) is 11.5 Å². The van der Waals surface area contributed by atoms with Gasteiger partial charge in [0.25, 0.3) is 0 Å². The van der Waals surface area contributed by atoms with Crippen molar-refractivity contribution < 1.29 is 4.42 Å². The first-order valence-electron chi connectivity index (χ1n) is 5.50. The van der Waals surface area contributed by atoms with Crippen LogP contribution in [0.1, 0.15) is 23.9 Å². The summed E-state index contributed by atoms with van der Waals surface area (Å²) in [4.78, 5) is 4.36. The SMILES string of the molecule is CCc1ccc(-c2nc(CN)c(C)o2)cc1. The van der Waals surface area contributed by atoms with Gasteiger partial charge in [0.2, 0.25) is 5.89 Å². The van der Waals surface area contributed by atoms with E-state index in [4.69, 9.17) is 10.2 Å². The average molecular weight is 216 g/mol. The Morgan fingerprint density at radius 1 is 1.25 bits per heavy atom. The highest BCUT2D eigenvalue weighted by atomic mass is 16.4. The number of aryl methyl sites for hydroxylation is 2. The Kier molecular flexibility index (Phi) is 3.06. The van der Waals surface area contributed by atoms with Crippen molar-refractivity contribution in [3.8, 4) is 11.5 Å².